The highest BCUT2D eigenvalue weighted by atomic mass is 35.5. The van der Waals surface area contributed by atoms with E-state index in [4.69, 9.17) is 16.3 Å². The topological polar surface area (TPSA) is 134 Å². The van der Waals surface area contributed by atoms with Gasteiger partial charge in [0.25, 0.3) is 5.91 Å². The Labute approximate surface area is 195 Å². The van der Waals surface area contributed by atoms with Crippen molar-refractivity contribution in [1.82, 2.24) is 24.8 Å². The lowest BCUT2D eigenvalue weighted by Gasteiger charge is -2.27. The van der Waals surface area contributed by atoms with Crippen LogP contribution in [0.25, 0.3) is 5.82 Å². The van der Waals surface area contributed by atoms with E-state index >= 15 is 0 Å². The van der Waals surface area contributed by atoms with Gasteiger partial charge in [0.15, 0.2) is 5.72 Å². The van der Waals surface area contributed by atoms with Crippen molar-refractivity contribution in [3.8, 4) is 5.82 Å². The van der Waals surface area contributed by atoms with Crippen LogP contribution >= 0.6 is 11.6 Å². The summed E-state index contributed by atoms with van der Waals surface area (Å²) in [5.74, 6) is 0.383. The van der Waals surface area contributed by atoms with Gasteiger partial charge < -0.3 is 25.6 Å². The molecule has 1 aromatic carbocycles. The highest BCUT2D eigenvalue weighted by Gasteiger charge is 2.32. The van der Waals surface area contributed by atoms with Gasteiger partial charge in [0.2, 0.25) is 5.95 Å². The van der Waals surface area contributed by atoms with E-state index in [9.17, 15) is 15.0 Å². The van der Waals surface area contributed by atoms with Crippen LogP contribution in [0.1, 0.15) is 34.5 Å². The fraction of sp³-hybridized carbons (Fsp3) is 0.364. The monoisotopic (exact) mass is 472 g/mol. The Morgan fingerprint density at radius 3 is 2.85 bits per heavy atom. The predicted octanol–water partition coefficient (Wildman–Crippen LogP) is 1.78. The van der Waals surface area contributed by atoms with Gasteiger partial charge in [-0.1, -0.05) is 23.7 Å². The van der Waals surface area contributed by atoms with Gasteiger partial charge in [0.1, 0.15) is 17.8 Å². The van der Waals surface area contributed by atoms with Crippen LogP contribution in [0, 0.1) is 6.92 Å². The summed E-state index contributed by atoms with van der Waals surface area (Å²) >= 11 is 5.98. The van der Waals surface area contributed by atoms with Crippen LogP contribution in [0.3, 0.4) is 0 Å². The Balaban J connectivity index is 1.52. The molecule has 174 valence electrons. The van der Waals surface area contributed by atoms with Gasteiger partial charge in [-0.3, -0.25) is 9.36 Å². The molecule has 11 heteroatoms. The van der Waals surface area contributed by atoms with Crippen LogP contribution in [0.4, 0.5) is 5.95 Å². The second-order valence-corrected chi connectivity index (χ2v) is 8.32. The van der Waals surface area contributed by atoms with Gasteiger partial charge in [-0.25, -0.2) is 9.97 Å². The Kier molecular flexibility index (Phi) is 6.89. The van der Waals surface area contributed by atoms with Gasteiger partial charge >= 0.3 is 0 Å². The predicted molar refractivity (Wildman–Crippen MR) is 121 cm³/mol. The third-order valence-corrected chi connectivity index (χ3v) is 5.65. The van der Waals surface area contributed by atoms with Gasteiger partial charge in [-0.2, -0.15) is 4.98 Å². The van der Waals surface area contributed by atoms with E-state index in [-0.39, 0.29) is 17.3 Å². The lowest BCUT2D eigenvalue weighted by Crippen LogP contribution is -2.48. The molecule has 0 unspecified atom stereocenters. The summed E-state index contributed by atoms with van der Waals surface area (Å²) in [4.78, 5) is 25.9. The largest absolute Gasteiger partial charge is 0.391 e. The first-order valence-electron chi connectivity index (χ1n) is 10.5. The maximum absolute atomic E-state index is 12.8. The summed E-state index contributed by atoms with van der Waals surface area (Å²) in [6.45, 7) is 2.51. The number of nitrogens with one attached hydrogen (secondary N) is 2. The van der Waals surface area contributed by atoms with Crippen LogP contribution < -0.4 is 10.6 Å². The van der Waals surface area contributed by atoms with E-state index in [1.807, 2.05) is 6.92 Å². The molecule has 1 atom stereocenters. The minimum atomic E-state index is -2.02. The summed E-state index contributed by atoms with van der Waals surface area (Å²) in [6, 6.07) is 6.50. The zero-order chi connectivity index (χ0) is 23.4. The number of aliphatic hydroxyl groups is 2. The number of nitrogens with zero attached hydrogens (tertiary/aromatic N) is 4. The van der Waals surface area contributed by atoms with E-state index < -0.39 is 18.2 Å². The molecule has 1 aliphatic heterocycles. The average Bonchev–Trinajstić information content (AvgIpc) is 3.31. The maximum Gasteiger partial charge on any atom is 0.274 e. The highest BCUT2D eigenvalue weighted by molar-refractivity contribution is 6.30. The van der Waals surface area contributed by atoms with E-state index in [1.165, 1.54) is 18.6 Å². The summed E-state index contributed by atoms with van der Waals surface area (Å²) in [5, 5.41) is 26.6. The first-order chi connectivity index (χ1) is 15.9. The van der Waals surface area contributed by atoms with E-state index in [0.717, 1.165) is 18.4 Å². The van der Waals surface area contributed by atoms with Crippen molar-refractivity contribution < 1.29 is 19.7 Å². The number of carbonyl (C=O) groups excluding carboxylic acids is 1. The Hall–Kier alpha value is -3.05. The van der Waals surface area contributed by atoms with Crippen LogP contribution in [0.2, 0.25) is 5.02 Å². The minimum absolute atomic E-state index is 0.0425. The summed E-state index contributed by atoms with van der Waals surface area (Å²) in [6.07, 6.45) is 6.41. The Morgan fingerprint density at radius 1 is 1.33 bits per heavy atom. The van der Waals surface area contributed by atoms with E-state index in [1.54, 1.807) is 29.0 Å². The highest BCUT2D eigenvalue weighted by Crippen LogP contribution is 2.22. The molecule has 0 saturated carbocycles. The van der Waals surface area contributed by atoms with Crippen molar-refractivity contribution in [3.63, 3.8) is 0 Å². The van der Waals surface area contributed by atoms with Gasteiger partial charge in [-0.05, 0) is 31.9 Å². The van der Waals surface area contributed by atoms with Crippen LogP contribution in [-0.4, -0.2) is 61.5 Å². The molecule has 0 aliphatic carbocycles. The van der Waals surface area contributed by atoms with Crippen LogP contribution in [-0.2, 0) is 10.5 Å². The number of ether oxygens (including phenoxy) is 1. The number of imidazole rings is 1. The Bertz CT molecular complexity index is 1130. The van der Waals surface area contributed by atoms with E-state index in [2.05, 4.69) is 25.6 Å². The maximum atomic E-state index is 12.8. The summed E-state index contributed by atoms with van der Waals surface area (Å²) in [7, 11) is 0. The summed E-state index contributed by atoms with van der Waals surface area (Å²) < 4.78 is 6.99. The van der Waals surface area contributed by atoms with Crippen molar-refractivity contribution in [2.45, 2.75) is 31.5 Å². The smallest absolute Gasteiger partial charge is 0.274 e. The van der Waals surface area contributed by atoms with Crippen molar-refractivity contribution in [1.29, 1.82) is 0 Å². The number of hydrogen-bond donors (Lipinski definition) is 4. The molecule has 1 aliphatic rings. The minimum Gasteiger partial charge on any atom is -0.391 e. The van der Waals surface area contributed by atoms with Crippen LogP contribution in [0.15, 0.2) is 43.0 Å². The molecular formula is C22H25ClN6O4. The molecule has 0 radical (unpaired) electrons. The second kappa shape index (κ2) is 9.84. The molecule has 1 amide bonds. The Morgan fingerprint density at radius 2 is 2.12 bits per heavy atom. The van der Waals surface area contributed by atoms with Crippen LogP contribution in [0.5, 0.6) is 0 Å². The first kappa shape index (κ1) is 23.1. The molecule has 4 N–H and O–H groups in total. The second-order valence-electron chi connectivity index (χ2n) is 7.88. The molecule has 0 bridgehead atoms. The average molecular weight is 473 g/mol. The zero-order valence-electron chi connectivity index (χ0n) is 18.0. The zero-order valence-corrected chi connectivity index (χ0v) is 18.8. The van der Waals surface area contributed by atoms with E-state index in [0.29, 0.717) is 30.0 Å². The van der Waals surface area contributed by atoms with Crippen molar-refractivity contribution in [2.75, 3.05) is 25.1 Å². The third-order valence-electron chi connectivity index (χ3n) is 5.41. The fourth-order valence-corrected chi connectivity index (χ4v) is 3.74. The number of hydrogen-bond acceptors (Lipinski definition) is 8. The normalized spacial score (nSPS) is 16.2. The number of rotatable bonds is 7. The molecule has 1 saturated heterocycles. The SMILES string of the molecule is Cc1cnc(NC2CCOCC2)nc1-n1cnc(C(=O)N[C@@](O)(CO)c2cccc(Cl)c2)c1. The third kappa shape index (κ3) is 5.31. The van der Waals surface area contributed by atoms with Gasteiger partial charge in [0, 0.05) is 47.8 Å². The molecule has 3 heterocycles. The number of amides is 1. The number of aliphatic hydroxyl groups excluding tert-OH is 1. The van der Waals surface area contributed by atoms with Crippen molar-refractivity contribution >= 4 is 23.5 Å². The number of halogens is 1. The number of anilines is 1. The van der Waals surface area contributed by atoms with Gasteiger partial charge in [0.05, 0.1) is 6.61 Å². The van der Waals surface area contributed by atoms with Crippen molar-refractivity contribution in [3.05, 3.63) is 64.8 Å². The molecule has 2 aromatic heterocycles. The molecule has 0 spiro atoms. The fourth-order valence-electron chi connectivity index (χ4n) is 3.54. The molecule has 1 fully saturated rings. The molecule has 3 aromatic rings. The number of aryl methyl sites for hydroxylation is 1. The molecule has 10 nitrogen and oxygen atoms in total. The number of benzene rings is 1. The molecular weight excluding hydrogens is 448 g/mol. The first-order valence-corrected chi connectivity index (χ1v) is 10.9. The standard InChI is InChI=1S/C22H25ClN6O4/c1-14-10-24-21(26-17-5-7-33-8-6-17)27-19(14)29-11-18(25-13-29)20(31)28-22(32,12-30)15-3-2-4-16(23)9-15/h2-4,9-11,13,17,30,32H,5-8,12H2,1H3,(H,28,31)(H,24,26,27)/t22-/m1/s1. The molecule has 33 heavy (non-hydrogen) atoms. The summed E-state index contributed by atoms with van der Waals surface area (Å²) in [5.41, 5.74) is -0.929. The number of aromatic nitrogens is 4. The lowest BCUT2D eigenvalue weighted by molar-refractivity contribution is -0.0419. The lowest BCUT2D eigenvalue weighted by atomic mass is 10.0. The van der Waals surface area contributed by atoms with Crippen molar-refractivity contribution in [2.24, 2.45) is 0 Å². The molecule has 4 rings (SSSR count). The quantitative estimate of drug-likeness (QED) is 0.382. The van der Waals surface area contributed by atoms with Gasteiger partial charge in [-0.15, -0.1) is 0 Å². The number of carbonyl (C=O) groups is 1.